The minimum atomic E-state index is -3.84. The zero-order valence-electron chi connectivity index (χ0n) is 21.0. The summed E-state index contributed by atoms with van der Waals surface area (Å²) in [6, 6.07) is 6.35. The number of rotatable bonds is 7. The van der Waals surface area contributed by atoms with Crippen LogP contribution in [0.15, 0.2) is 48.6 Å². The number of sulfonamides is 1. The van der Waals surface area contributed by atoms with Crippen molar-refractivity contribution in [3.63, 3.8) is 0 Å². The molecule has 1 unspecified atom stereocenters. The first-order valence-corrected chi connectivity index (χ1v) is 15.3. The molecule has 37 heavy (non-hydrogen) atoms. The van der Waals surface area contributed by atoms with E-state index in [2.05, 4.69) is 39.3 Å². The van der Waals surface area contributed by atoms with Crippen molar-refractivity contribution < 1.29 is 22.2 Å². The molecular formula is C25H33N5O5S2. The second-order valence-corrected chi connectivity index (χ2v) is 12.8. The fraction of sp³-hybridized carbons (Fsp3) is 0.520. The smallest absolute Gasteiger partial charge is 0.269 e. The van der Waals surface area contributed by atoms with Gasteiger partial charge in [-0.1, -0.05) is 32.8 Å². The molecule has 1 saturated heterocycles. The molecule has 2 aliphatic heterocycles. The summed E-state index contributed by atoms with van der Waals surface area (Å²) in [5.41, 5.74) is 1.25. The molecule has 2 aromatic rings. The fourth-order valence-corrected chi connectivity index (χ4v) is 7.41. The third kappa shape index (κ3) is 5.32. The lowest BCUT2D eigenvalue weighted by molar-refractivity contribution is 0.345. The maximum atomic E-state index is 13.1. The van der Waals surface area contributed by atoms with E-state index in [1.54, 1.807) is 18.4 Å². The molecule has 3 N–H and O–H groups in total. The third-order valence-electron chi connectivity index (χ3n) is 7.27. The zero-order valence-corrected chi connectivity index (χ0v) is 22.6. The van der Waals surface area contributed by atoms with E-state index in [0.29, 0.717) is 24.9 Å². The highest BCUT2D eigenvalue weighted by atomic mass is 32.2. The van der Waals surface area contributed by atoms with E-state index in [9.17, 15) is 17.7 Å². The van der Waals surface area contributed by atoms with Crippen LogP contribution < -0.4 is 10.6 Å². The van der Waals surface area contributed by atoms with Gasteiger partial charge in [0.25, 0.3) is 11.2 Å². The topological polar surface area (TPSA) is 137 Å². The molecule has 5 rings (SSSR count). The Hall–Kier alpha value is -2.70. The maximum Gasteiger partial charge on any atom is 0.269 e. The Morgan fingerprint density at radius 1 is 1.11 bits per heavy atom. The van der Waals surface area contributed by atoms with Crippen molar-refractivity contribution in [1.82, 2.24) is 9.62 Å². The molecule has 1 aliphatic carbocycles. The summed E-state index contributed by atoms with van der Waals surface area (Å²) < 4.78 is 54.1. The van der Waals surface area contributed by atoms with Crippen LogP contribution >= 0.6 is 0 Å². The van der Waals surface area contributed by atoms with Crippen molar-refractivity contribution in [2.24, 2.45) is 14.7 Å². The number of phenols is 1. The summed E-state index contributed by atoms with van der Waals surface area (Å²) in [6.45, 7) is 5.07. The summed E-state index contributed by atoms with van der Waals surface area (Å²) in [4.78, 5) is -0.175. The fourth-order valence-electron chi connectivity index (χ4n) is 5.16. The molecule has 3 aliphatic rings. The molecule has 12 heteroatoms. The van der Waals surface area contributed by atoms with Crippen molar-refractivity contribution in [1.29, 1.82) is 0 Å². The Labute approximate surface area is 220 Å². The van der Waals surface area contributed by atoms with Crippen LogP contribution in [0.5, 0.6) is 5.75 Å². The first-order valence-electron chi connectivity index (χ1n) is 12.8. The number of nitrogens with one attached hydrogen (secondary N) is 2. The predicted octanol–water partition coefficient (Wildman–Crippen LogP) is 4.22. The molecule has 3 heterocycles. The number of amidine groups is 2. The van der Waals surface area contributed by atoms with Gasteiger partial charge in [-0.05, 0) is 61.3 Å². The largest absolute Gasteiger partial charge is 0.504 e. The number of phenolic OH excluding ortho intramolecular Hbond substituents is 1. The second-order valence-electron chi connectivity index (χ2n) is 10.1. The van der Waals surface area contributed by atoms with Crippen molar-refractivity contribution >= 4 is 38.6 Å². The molecule has 2 atom stereocenters. The van der Waals surface area contributed by atoms with Crippen LogP contribution in [0.3, 0.4) is 0 Å². The minimum Gasteiger partial charge on any atom is -0.504 e. The van der Waals surface area contributed by atoms with E-state index in [1.807, 2.05) is 0 Å². The molecule has 1 aromatic carbocycles. The van der Waals surface area contributed by atoms with Crippen LogP contribution in [0, 0.1) is 5.92 Å². The SMILES string of the molecule is CC(C)c1coc([C@H](NC2=NS(=O)N=C2Nc2cccc(S(=O)(=O)N3CCCC3)c2O)C2CCCC2)c1. The normalized spacial score (nSPS) is 21.9. The van der Waals surface area contributed by atoms with Crippen LogP contribution in [-0.2, 0) is 21.2 Å². The van der Waals surface area contributed by atoms with Gasteiger partial charge in [0.15, 0.2) is 17.4 Å². The first kappa shape index (κ1) is 25.9. The summed E-state index contributed by atoms with van der Waals surface area (Å²) in [5, 5.41) is 17.3. The van der Waals surface area contributed by atoms with Crippen molar-refractivity contribution in [3.05, 3.63) is 41.9 Å². The molecule has 1 saturated carbocycles. The number of aromatic hydroxyl groups is 1. The Bertz CT molecular complexity index is 1340. The number of hydrogen-bond acceptors (Lipinski definition) is 7. The van der Waals surface area contributed by atoms with E-state index < -0.39 is 26.9 Å². The van der Waals surface area contributed by atoms with Gasteiger partial charge in [-0.25, -0.2) is 12.6 Å². The third-order valence-corrected chi connectivity index (χ3v) is 9.88. The number of nitrogens with zero attached hydrogens (tertiary/aromatic N) is 3. The minimum absolute atomic E-state index is 0.143. The Kier molecular flexibility index (Phi) is 7.42. The van der Waals surface area contributed by atoms with Gasteiger partial charge in [0, 0.05) is 13.1 Å². The van der Waals surface area contributed by atoms with Gasteiger partial charge >= 0.3 is 0 Å². The molecule has 2 fully saturated rings. The number of anilines is 1. The molecular weight excluding hydrogens is 514 g/mol. The molecule has 0 spiro atoms. The van der Waals surface area contributed by atoms with E-state index in [4.69, 9.17) is 4.42 Å². The molecule has 200 valence electrons. The lowest BCUT2D eigenvalue weighted by Gasteiger charge is -2.24. The summed E-state index contributed by atoms with van der Waals surface area (Å²) >= 11 is -1.85. The monoisotopic (exact) mass is 547 g/mol. The molecule has 0 radical (unpaired) electrons. The first-order chi connectivity index (χ1) is 17.7. The van der Waals surface area contributed by atoms with Crippen LogP contribution in [0.25, 0.3) is 0 Å². The van der Waals surface area contributed by atoms with Crippen molar-refractivity contribution in [2.75, 3.05) is 18.4 Å². The van der Waals surface area contributed by atoms with E-state index in [0.717, 1.165) is 49.8 Å². The van der Waals surface area contributed by atoms with E-state index >= 15 is 0 Å². The van der Waals surface area contributed by atoms with Gasteiger partial charge in [-0.3, -0.25) is 0 Å². The van der Waals surface area contributed by atoms with Gasteiger partial charge in [0.05, 0.1) is 18.0 Å². The highest BCUT2D eigenvalue weighted by Crippen LogP contribution is 2.38. The van der Waals surface area contributed by atoms with Crippen LogP contribution in [-0.4, -0.2) is 46.8 Å². The zero-order chi connectivity index (χ0) is 26.2. The average Bonchev–Trinajstić information content (AvgIpc) is 3.67. The van der Waals surface area contributed by atoms with Crippen LogP contribution in [0.2, 0.25) is 0 Å². The van der Waals surface area contributed by atoms with Gasteiger partial charge in [0.1, 0.15) is 10.7 Å². The Morgan fingerprint density at radius 2 is 1.81 bits per heavy atom. The van der Waals surface area contributed by atoms with E-state index in [-0.39, 0.29) is 28.3 Å². The number of hydrogen-bond donors (Lipinski definition) is 3. The van der Waals surface area contributed by atoms with E-state index in [1.165, 1.54) is 10.4 Å². The van der Waals surface area contributed by atoms with Gasteiger partial charge in [0.2, 0.25) is 10.0 Å². The highest BCUT2D eigenvalue weighted by molar-refractivity contribution is 7.89. The second kappa shape index (κ2) is 10.6. The predicted molar refractivity (Wildman–Crippen MR) is 143 cm³/mol. The lowest BCUT2D eigenvalue weighted by Crippen LogP contribution is -2.39. The summed E-state index contributed by atoms with van der Waals surface area (Å²) in [5.74, 6) is 1.47. The Morgan fingerprint density at radius 3 is 2.49 bits per heavy atom. The number of benzene rings is 1. The van der Waals surface area contributed by atoms with Gasteiger partial charge in [-0.2, -0.15) is 4.31 Å². The maximum absolute atomic E-state index is 13.1. The van der Waals surface area contributed by atoms with Gasteiger partial charge < -0.3 is 20.2 Å². The number of para-hydroxylation sites is 1. The highest BCUT2D eigenvalue weighted by Gasteiger charge is 2.34. The molecule has 1 aromatic heterocycles. The van der Waals surface area contributed by atoms with Crippen molar-refractivity contribution in [3.8, 4) is 5.75 Å². The summed E-state index contributed by atoms with van der Waals surface area (Å²) in [7, 11) is -3.84. The molecule has 0 amide bonds. The lowest BCUT2D eigenvalue weighted by atomic mass is 9.94. The molecule has 0 bridgehead atoms. The van der Waals surface area contributed by atoms with Gasteiger partial charge in [-0.15, -0.1) is 8.80 Å². The van der Waals surface area contributed by atoms with Crippen molar-refractivity contribution in [2.45, 2.75) is 69.2 Å². The molecule has 10 nitrogen and oxygen atoms in total. The quantitative estimate of drug-likeness (QED) is 0.442. The summed E-state index contributed by atoms with van der Waals surface area (Å²) in [6.07, 6.45) is 7.68. The number of furan rings is 1. The average molecular weight is 548 g/mol. The standard InChI is InChI=1S/C25H33N5O5S2/c1-16(2)18-14-20(35-15-18)22(17-8-3-4-9-17)27-25-24(28-36(32)29-25)26-19-10-7-11-21(23(19)31)37(33,34)30-12-5-6-13-30/h7,10-11,14-17,22,31H,3-6,8-9,12-13H2,1-2H3,(H,26,28)(H,27,29)/t22-,36?/m1/s1. The van der Waals surface area contributed by atoms with Crippen LogP contribution in [0.4, 0.5) is 5.69 Å². The Balaban J connectivity index is 1.40. The van der Waals surface area contributed by atoms with Crippen LogP contribution in [0.1, 0.15) is 75.7 Å².